The van der Waals surface area contributed by atoms with Crippen LogP contribution in [0.3, 0.4) is 0 Å². The minimum atomic E-state index is 0.409. The van der Waals surface area contributed by atoms with E-state index in [1.54, 1.807) is 0 Å². The van der Waals surface area contributed by atoms with Gasteiger partial charge in [0.2, 0.25) is 0 Å². The Labute approximate surface area is 115 Å². The third-order valence-electron chi connectivity index (χ3n) is 3.37. The molecule has 0 saturated carbocycles. The zero-order chi connectivity index (χ0) is 13.5. The topological polar surface area (TPSA) is 25.2 Å². The number of rotatable bonds is 7. The van der Waals surface area contributed by atoms with Gasteiger partial charge in [0, 0.05) is 6.04 Å². The van der Waals surface area contributed by atoms with Crippen LogP contribution in [0.15, 0.2) is 46.9 Å². The summed E-state index contributed by atoms with van der Waals surface area (Å²) in [6.45, 7) is 5.00. The van der Waals surface area contributed by atoms with Gasteiger partial charge in [-0.15, -0.1) is 0 Å². The summed E-state index contributed by atoms with van der Waals surface area (Å²) in [6, 6.07) is 15.1. The van der Waals surface area contributed by atoms with E-state index in [0.29, 0.717) is 6.04 Å². The van der Waals surface area contributed by atoms with E-state index in [0.717, 1.165) is 18.1 Å². The zero-order valence-electron chi connectivity index (χ0n) is 11.9. The summed E-state index contributed by atoms with van der Waals surface area (Å²) in [5.74, 6) is 1.98. The van der Waals surface area contributed by atoms with Gasteiger partial charge in [-0.2, -0.15) is 0 Å². The van der Waals surface area contributed by atoms with Crippen molar-refractivity contribution in [2.75, 3.05) is 0 Å². The third-order valence-corrected chi connectivity index (χ3v) is 3.37. The molecule has 0 saturated heterocycles. The van der Waals surface area contributed by atoms with Crippen LogP contribution >= 0.6 is 0 Å². The fourth-order valence-electron chi connectivity index (χ4n) is 2.28. The van der Waals surface area contributed by atoms with Crippen LogP contribution in [0.5, 0.6) is 0 Å². The molecule has 0 amide bonds. The molecule has 19 heavy (non-hydrogen) atoms. The van der Waals surface area contributed by atoms with E-state index in [4.69, 9.17) is 4.42 Å². The molecule has 2 rings (SSSR count). The maximum absolute atomic E-state index is 5.61. The lowest BCUT2D eigenvalue weighted by Crippen LogP contribution is -2.20. The van der Waals surface area contributed by atoms with Gasteiger partial charge in [0.1, 0.15) is 11.5 Å². The molecule has 0 radical (unpaired) electrons. The molecule has 102 valence electrons. The van der Waals surface area contributed by atoms with Crippen LogP contribution in [0.4, 0.5) is 0 Å². The Kier molecular flexibility index (Phi) is 5.22. The summed E-state index contributed by atoms with van der Waals surface area (Å²) in [5, 5.41) is 3.61. The van der Waals surface area contributed by atoms with E-state index < -0.39 is 0 Å². The lowest BCUT2D eigenvalue weighted by Gasteiger charge is -2.18. The first-order valence-corrected chi connectivity index (χ1v) is 7.13. The lowest BCUT2D eigenvalue weighted by atomic mass is 10.0. The minimum absolute atomic E-state index is 0.409. The molecule has 1 N–H and O–H groups in total. The van der Waals surface area contributed by atoms with Crippen molar-refractivity contribution in [3.8, 4) is 0 Å². The molecule has 2 aromatic rings. The number of benzene rings is 1. The van der Waals surface area contributed by atoms with Crippen molar-refractivity contribution < 1.29 is 4.42 Å². The van der Waals surface area contributed by atoms with Crippen molar-refractivity contribution in [1.29, 1.82) is 0 Å². The summed E-state index contributed by atoms with van der Waals surface area (Å²) >= 11 is 0. The molecule has 0 aliphatic rings. The maximum Gasteiger partial charge on any atom is 0.117 e. The van der Waals surface area contributed by atoms with E-state index in [-0.39, 0.29) is 0 Å². The molecule has 1 atom stereocenters. The van der Waals surface area contributed by atoms with Crippen LogP contribution in [0.2, 0.25) is 0 Å². The Morgan fingerprint density at radius 2 is 1.89 bits per heavy atom. The standard InChI is InChI=1S/C17H23NO/c1-3-4-10-17(15-8-6-5-7-9-15)18-13-16-12-11-14(2)19-16/h5-9,11-12,17-18H,3-4,10,13H2,1-2H3. The quantitative estimate of drug-likeness (QED) is 0.783. The van der Waals surface area contributed by atoms with E-state index in [9.17, 15) is 0 Å². The van der Waals surface area contributed by atoms with Gasteiger partial charge in [-0.25, -0.2) is 0 Å². The largest absolute Gasteiger partial charge is 0.465 e. The van der Waals surface area contributed by atoms with Gasteiger partial charge in [-0.1, -0.05) is 50.1 Å². The Balaban J connectivity index is 1.97. The highest BCUT2D eigenvalue weighted by Gasteiger charge is 2.10. The Morgan fingerprint density at radius 1 is 1.11 bits per heavy atom. The molecule has 0 aliphatic heterocycles. The predicted octanol–water partition coefficient (Wildman–Crippen LogP) is 4.61. The highest BCUT2D eigenvalue weighted by molar-refractivity contribution is 5.19. The molecule has 0 spiro atoms. The molecule has 2 heteroatoms. The highest BCUT2D eigenvalue weighted by Crippen LogP contribution is 2.20. The number of nitrogens with one attached hydrogen (secondary N) is 1. The van der Waals surface area contributed by atoms with Gasteiger partial charge in [-0.3, -0.25) is 0 Å². The summed E-state index contributed by atoms with van der Waals surface area (Å²) < 4.78 is 5.61. The molecular weight excluding hydrogens is 234 g/mol. The van der Waals surface area contributed by atoms with Crippen molar-refractivity contribution >= 4 is 0 Å². The fraction of sp³-hybridized carbons (Fsp3) is 0.412. The first-order valence-electron chi connectivity index (χ1n) is 7.13. The first kappa shape index (κ1) is 13.9. The smallest absolute Gasteiger partial charge is 0.117 e. The summed E-state index contributed by atoms with van der Waals surface area (Å²) in [4.78, 5) is 0. The highest BCUT2D eigenvalue weighted by atomic mass is 16.3. The SMILES string of the molecule is CCCCC(NCc1ccc(C)o1)c1ccccc1. The van der Waals surface area contributed by atoms with E-state index >= 15 is 0 Å². The van der Waals surface area contributed by atoms with Crippen LogP contribution < -0.4 is 5.32 Å². The molecular formula is C17H23NO. The van der Waals surface area contributed by atoms with Gasteiger partial charge in [0.25, 0.3) is 0 Å². The molecule has 2 nitrogen and oxygen atoms in total. The fourth-order valence-corrected chi connectivity index (χ4v) is 2.28. The molecule has 1 heterocycles. The van der Waals surface area contributed by atoms with Crippen molar-refractivity contribution in [1.82, 2.24) is 5.32 Å². The Hall–Kier alpha value is -1.54. The predicted molar refractivity (Wildman–Crippen MR) is 79.0 cm³/mol. The van der Waals surface area contributed by atoms with Crippen LogP contribution in [-0.4, -0.2) is 0 Å². The van der Waals surface area contributed by atoms with Gasteiger partial charge >= 0.3 is 0 Å². The zero-order valence-corrected chi connectivity index (χ0v) is 11.9. The second-order valence-electron chi connectivity index (χ2n) is 5.00. The average molecular weight is 257 g/mol. The maximum atomic E-state index is 5.61. The number of hydrogen-bond acceptors (Lipinski definition) is 2. The molecule has 1 unspecified atom stereocenters. The third kappa shape index (κ3) is 4.25. The van der Waals surface area contributed by atoms with Crippen LogP contribution in [0, 0.1) is 6.92 Å². The molecule has 0 aliphatic carbocycles. The van der Waals surface area contributed by atoms with Crippen LogP contribution in [0.1, 0.15) is 49.3 Å². The van der Waals surface area contributed by atoms with Crippen molar-refractivity contribution in [2.45, 2.75) is 45.7 Å². The van der Waals surface area contributed by atoms with Crippen molar-refractivity contribution in [3.63, 3.8) is 0 Å². The molecule has 1 aromatic heterocycles. The summed E-state index contributed by atoms with van der Waals surface area (Å²) in [6.07, 6.45) is 3.63. The first-order chi connectivity index (χ1) is 9.29. The van der Waals surface area contributed by atoms with E-state index in [1.807, 2.05) is 19.1 Å². The Morgan fingerprint density at radius 3 is 2.53 bits per heavy atom. The normalized spacial score (nSPS) is 12.5. The number of furan rings is 1. The second kappa shape index (κ2) is 7.15. The molecule has 1 aromatic carbocycles. The van der Waals surface area contributed by atoms with E-state index in [1.165, 1.54) is 24.8 Å². The van der Waals surface area contributed by atoms with Crippen LogP contribution in [0.25, 0.3) is 0 Å². The van der Waals surface area contributed by atoms with Crippen molar-refractivity contribution in [3.05, 3.63) is 59.5 Å². The summed E-state index contributed by atoms with van der Waals surface area (Å²) in [5.41, 5.74) is 1.36. The van der Waals surface area contributed by atoms with Gasteiger partial charge in [0.05, 0.1) is 6.54 Å². The van der Waals surface area contributed by atoms with Crippen LogP contribution in [-0.2, 0) is 6.54 Å². The minimum Gasteiger partial charge on any atom is -0.465 e. The van der Waals surface area contributed by atoms with Crippen molar-refractivity contribution in [2.24, 2.45) is 0 Å². The van der Waals surface area contributed by atoms with E-state index in [2.05, 4.69) is 42.6 Å². The number of hydrogen-bond donors (Lipinski definition) is 1. The van der Waals surface area contributed by atoms with Gasteiger partial charge < -0.3 is 9.73 Å². The molecule has 0 fully saturated rings. The monoisotopic (exact) mass is 257 g/mol. The second-order valence-corrected chi connectivity index (χ2v) is 5.00. The van der Waals surface area contributed by atoms with Gasteiger partial charge in [0.15, 0.2) is 0 Å². The number of aryl methyl sites for hydroxylation is 1. The van der Waals surface area contributed by atoms with Gasteiger partial charge in [-0.05, 0) is 31.0 Å². The molecule has 0 bridgehead atoms. The average Bonchev–Trinajstić information content (AvgIpc) is 2.86. The summed E-state index contributed by atoms with van der Waals surface area (Å²) in [7, 11) is 0. The Bertz CT molecular complexity index is 475. The lowest BCUT2D eigenvalue weighted by molar-refractivity contribution is 0.419. The number of unbranched alkanes of at least 4 members (excludes halogenated alkanes) is 1.